The fraction of sp³-hybridized carbons (Fsp3) is 0.941. The lowest BCUT2D eigenvalue weighted by atomic mass is 9.74. The molecule has 0 N–H and O–H groups in total. The van der Waals surface area contributed by atoms with E-state index in [0.29, 0.717) is 28.6 Å². The molecule has 0 spiro atoms. The molecule has 0 aliphatic heterocycles. The van der Waals surface area contributed by atoms with Gasteiger partial charge in [-0.3, -0.25) is 4.79 Å². The molecule has 0 bridgehead atoms. The maximum absolute atomic E-state index is 12.5. The third-order valence-corrected chi connectivity index (χ3v) is 12.0. The minimum atomic E-state index is -1.26. The van der Waals surface area contributed by atoms with Crippen LogP contribution in [0.5, 0.6) is 0 Å². The second kappa shape index (κ2) is 5.02. The Morgan fingerprint density at radius 1 is 1.21 bits per heavy atom. The van der Waals surface area contributed by atoms with Crippen LogP contribution < -0.4 is 0 Å². The zero-order valence-corrected chi connectivity index (χ0v) is 14.8. The van der Waals surface area contributed by atoms with Gasteiger partial charge in [0.25, 0.3) is 0 Å². The maximum atomic E-state index is 12.5. The number of hydrogen-bond donors (Lipinski definition) is 0. The molecule has 0 amide bonds. The van der Waals surface area contributed by atoms with E-state index in [0.717, 1.165) is 5.92 Å². The van der Waals surface area contributed by atoms with Gasteiger partial charge < -0.3 is 0 Å². The third-order valence-electron chi connectivity index (χ3n) is 6.44. The van der Waals surface area contributed by atoms with Crippen LogP contribution in [0.15, 0.2) is 0 Å². The van der Waals surface area contributed by atoms with Crippen molar-refractivity contribution in [1.82, 2.24) is 0 Å². The first kappa shape index (κ1) is 15.3. The highest BCUT2D eigenvalue weighted by Gasteiger charge is 2.48. The van der Waals surface area contributed by atoms with Crippen LogP contribution in [-0.4, -0.2) is 13.9 Å². The second-order valence-corrected chi connectivity index (χ2v) is 14.5. The summed E-state index contributed by atoms with van der Waals surface area (Å²) >= 11 is 0. The lowest BCUT2D eigenvalue weighted by Gasteiger charge is -2.43. The number of hydrogen-bond acceptors (Lipinski definition) is 1. The summed E-state index contributed by atoms with van der Waals surface area (Å²) in [7, 11) is -1.26. The van der Waals surface area contributed by atoms with E-state index >= 15 is 0 Å². The molecular formula is C17H32OSi. The van der Waals surface area contributed by atoms with E-state index in [4.69, 9.17) is 0 Å². The van der Waals surface area contributed by atoms with Crippen molar-refractivity contribution in [1.29, 1.82) is 0 Å². The Bertz CT molecular complexity index is 353. The van der Waals surface area contributed by atoms with Crippen molar-refractivity contribution in [2.45, 2.75) is 77.6 Å². The predicted octanol–water partition coefficient (Wildman–Crippen LogP) is 5.14. The van der Waals surface area contributed by atoms with Crippen molar-refractivity contribution in [2.75, 3.05) is 0 Å². The molecular weight excluding hydrogens is 248 g/mol. The summed E-state index contributed by atoms with van der Waals surface area (Å²) in [4.78, 5) is 12.5. The number of Topliss-reactive ketones (excluding diaryl/α,β-unsaturated/α-hetero) is 1. The lowest BCUT2D eigenvalue weighted by molar-refractivity contribution is -0.125. The molecule has 4 unspecified atom stereocenters. The van der Waals surface area contributed by atoms with Crippen molar-refractivity contribution in [3.8, 4) is 0 Å². The van der Waals surface area contributed by atoms with Crippen molar-refractivity contribution in [3.63, 3.8) is 0 Å². The van der Waals surface area contributed by atoms with Gasteiger partial charge in [0.05, 0.1) is 8.07 Å². The minimum absolute atomic E-state index is 0.343. The van der Waals surface area contributed by atoms with E-state index < -0.39 is 8.07 Å². The van der Waals surface area contributed by atoms with E-state index in [9.17, 15) is 4.79 Å². The second-order valence-electron chi connectivity index (χ2n) is 8.85. The minimum Gasteiger partial charge on any atom is -0.299 e. The molecule has 0 aromatic heterocycles. The van der Waals surface area contributed by atoms with Crippen LogP contribution in [0.1, 0.15) is 53.4 Å². The van der Waals surface area contributed by atoms with Gasteiger partial charge in [0.2, 0.25) is 0 Å². The Labute approximate surface area is 120 Å². The number of ketones is 1. The van der Waals surface area contributed by atoms with Gasteiger partial charge in [0, 0.05) is 11.8 Å². The fourth-order valence-electron chi connectivity index (χ4n) is 4.20. The highest BCUT2D eigenvalue weighted by molar-refractivity contribution is 6.80. The molecule has 0 saturated heterocycles. The number of rotatable bonds is 2. The quantitative estimate of drug-likeness (QED) is 0.640. The zero-order valence-electron chi connectivity index (χ0n) is 13.8. The highest BCUT2D eigenvalue weighted by atomic mass is 28.3. The molecule has 1 nitrogen and oxygen atoms in total. The van der Waals surface area contributed by atoms with Crippen LogP contribution in [0.4, 0.5) is 0 Å². The summed E-state index contributed by atoms with van der Waals surface area (Å²) in [6.07, 6.45) is 5.17. The normalized spacial score (nSPS) is 36.4. The van der Waals surface area contributed by atoms with Gasteiger partial charge in [-0.1, -0.05) is 59.7 Å². The summed E-state index contributed by atoms with van der Waals surface area (Å²) in [6, 6.07) is 1.36. The largest absolute Gasteiger partial charge is 0.299 e. The molecule has 110 valence electrons. The van der Waals surface area contributed by atoms with E-state index in [2.05, 4.69) is 40.8 Å². The van der Waals surface area contributed by atoms with Gasteiger partial charge in [-0.2, -0.15) is 0 Å². The van der Waals surface area contributed by atoms with Crippen molar-refractivity contribution < 1.29 is 4.79 Å². The van der Waals surface area contributed by atoms with Crippen molar-refractivity contribution in [2.24, 2.45) is 23.7 Å². The molecule has 0 aromatic carbocycles. The molecule has 19 heavy (non-hydrogen) atoms. The van der Waals surface area contributed by atoms with Crippen LogP contribution in [0.2, 0.25) is 24.2 Å². The van der Waals surface area contributed by atoms with Crippen molar-refractivity contribution >= 4 is 13.9 Å². The monoisotopic (exact) mass is 280 g/mol. The van der Waals surface area contributed by atoms with Gasteiger partial charge in [0.1, 0.15) is 5.78 Å². The molecule has 2 fully saturated rings. The molecule has 0 radical (unpaired) electrons. The smallest absolute Gasteiger partial charge is 0.139 e. The molecule has 2 aliphatic rings. The van der Waals surface area contributed by atoms with E-state index in [1.165, 1.54) is 31.7 Å². The molecule has 4 atom stereocenters. The third kappa shape index (κ3) is 2.84. The highest BCUT2D eigenvalue weighted by Crippen LogP contribution is 2.50. The topological polar surface area (TPSA) is 17.1 Å². The molecule has 0 heterocycles. The molecule has 0 aromatic rings. The molecule has 2 rings (SSSR count). The maximum Gasteiger partial charge on any atom is 0.139 e. The number of fused-ring (bicyclic) bond motifs is 1. The van der Waals surface area contributed by atoms with Crippen molar-refractivity contribution in [3.05, 3.63) is 0 Å². The van der Waals surface area contributed by atoms with Crippen LogP contribution in [0, 0.1) is 23.7 Å². The van der Waals surface area contributed by atoms with E-state index in [-0.39, 0.29) is 0 Å². The summed E-state index contributed by atoms with van der Waals surface area (Å²) in [5.41, 5.74) is 0. The SMILES string of the molecule is CC1CC2CCCC(C[Si](C)(C)C(C)(C)C)C2C1=O. The van der Waals surface area contributed by atoms with Crippen LogP contribution in [0.25, 0.3) is 0 Å². The Balaban J connectivity index is 2.14. The zero-order chi connectivity index (χ0) is 14.4. The van der Waals surface area contributed by atoms with Gasteiger partial charge in [-0.05, 0) is 29.7 Å². The first-order valence-electron chi connectivity index (χ1n) is 8.17. The van der Waals surface area contributed by atoms with Gasteiger partial charge >= 0.3 is 0 Å². The van der Waals surface area contributed by atoms with Gasteiger partial charge in [0.15, 0.2) is 0 Å². The Morgan fingerprint density at radius 2 is 1.84 bits per heavy atom. The average molecular weight is 281 g/mol. The first-order chi connectivity index (χ1) is 8.63. The standard InChI is InChI=1S/C17H32OSi/c1-12-10-13-8-7-9-14(15(13)16(12)18)11-19(5,6)17(2,3)4/h12-15H,7-11H2,1-6H3. The van der Waals surface area contributed by atoms with E-state index in [1.807, 2.05) is 0 Å². The predicted molar refractivity (Wildman–Crippen MR) is 85.1 cm³/mol. The van der Waals surface area contributed by atoms with Crippen LogP contribution in [-0.2, 0) is 4.79 Å². The number of carbonyl (C=O) groups is 1. The average Bonchev–Trinajstić information content (AvgIpc) is 2.54. The Kier molecular flexibility index (Phi) is 4.03. The molecule has 2 aliphatic carbocycles. The molecule has 2 heteroatoms. The lowest BCUT2D eigenvalue weighted by Crippen LogP contribution is -2.42. The molecule has 2 saturated carbocycles. The van der Waals surface area contributed by atoms with Crippen LogP contribution in [0.3, 0.4) is 0 Å². The summed E-state index contributed by atoms with van der Waals surface area (Å²) in [5.74, 6) is 2.81. The van der Waals surface area contributed by atoms with E-state index in [1.54, 1.807) is 0 Å². The first-order valence-corrected chi connectivity index (χ1v) is 11.4. The summed E-state index contributed by atoms with van der Waals surface area (Å²) in [6.45, 7) is 14.4. The Hall–Kier alpha value is -0.113. The summed E-state index contributed by atoms with van der Waals surface area (Å²) in [5, 5.41) is 0.452. The van der Waals surface area contributed by atoms with Gasteiger partial charge in [-0.25, -0.2) is 0 Å². The fourth-order valence-corrected chi connectivity index (χ4v) is 6.59. The summed E-state index contributed by atoms with van der Waals surface area (Å²) < 4.78 is 0. The Morgan fingerprint density at radius 3 is 2.42 bits per heavy atom. The van der Waals surface area contributed by atoms with Gasteiger partial charge in [-0.15, -0.1) is 0 Å². The number of carbonyl (C=O) groups excluding carboxylic acids is 1. The van der Waals surface area contributed by atoms with Crippen LogP contribution >= 0.6 is 0 Å².